The molecule has 14 heavy (non-hydrogen) atoms. The summed E-state index contributed by atoms with van der Waals surface area (Å²) in [5, 5.41) is 0.634. The van der Waals surface area contributed by atoms with Crippen LogP contribution in [0.5, 0.6) is 0 Å². The molecule has 0 radical (unpaired) electrons. The van der Waals surface area contributed by atoms with Crippen LogP contribution in [0.25, 0.3) is 11.3 Å². The lowest BCUT2D eigenvalue weighted by Gasteiger charge is -2.02. The second-order valence-electron chi connectivity index (χ2n) is 2.91. The lowest BCUT2D eigenvalue weighted by Crippen LogP contribution is -2.03. The fourth-order valence-corrected chi connectivity index (χ4v) is 1.52. The van der Waals surface area contributed by atoms with Gasteiger partial charge in [-0.15, -0.1) is 0 Å². The van der Waals surface area contributed by atoms with Crippen LogP contribution in [-0.2, 0) is 0 Å². The summed E-state index contributed by atoms with van der Waals surface area (Å²) in [6.45, 7) is 0. The molecule has 0 fully saturated rings. The summed E-state index contributed by atoms with van der Waals surface area (Å²) >= 11 is 5.99. The van der Waals surface area contributed by atoms with Crippen LogP contribution in [0, 0.1) is 0 Å². The van der Waals surface area contributed by atoms with Crippen molar-refractivity contribution < 1.29 is 0 Å². The Balaban J connectivity index is 2.61. The van der Waals surface area contributed by atoms with E-state index >= 15 is 0 Å². The second-order valence-corrected chi connectivity index (χ2v) is 3.32. The molecule has 0 aliphatic carbocycles. The molecule has 1 N–H and O–H groups in total. The zero-order valence-corrected chi connectivity index (χ0v) is 8.08. The molecule has 2 aromatic rings. The minimum Gasteiger partial charge on any atom is -0.322 e. The van der Waals surface area contributed by atoms with E-state index < -0.39 is 0 Å². The van der Waals surface area contributed by atoms with E-state index in [1.54, 1.807) is 12.1 Å². The molecule has 1 heterocycles. The Morgan fingerprint density at radius 2 is 1.79 bits per heavy atom. The van der Waals surface area contributed by atoms with Gasteiger partial charge in [-0.25, -0.2) is 0 Å². The summed E-state index contributed by atoms with van der Waals surface area (Å²) in [5.74, 6) is 0. The second kappa shape index (κ2) is 3.68. The third-order valence-corrected chi connectivity index (χ3v) is 2.26. The van der Waals surface area contributed by atoms with Gasteiger partial charge in [0.25, 0.3) is 0 Å². The van der Waals surface area contributed by atoms with E-state index in [0.29, 0.717) is 5.02 Å². The van der Waals surface area contributed by atoms with Crippen LogP contribution in [0.1, 0.15) is 0 Å². The molecule has 3 heteroatoms. The smallest absolute Gasteiger partial charge is 0.248 e. The van der Waals surface area contributed by atoms with Crippen molar-refractivity contribution in [3.8, 4) is 11.3 Å². The number of rotatable bonds is 1. The van der Waals surface area contributed by atoms with Gasteiger partial charge in [0.1, 0.15) is 0 Å². The van der Waals surface area contributed by atoms with Crippen molar-refractivity contribution in [1.82, 2.24) is 4.98 Å². The lowest BCUT2D eigenvalue weighted by atomic mass is 10.1. The highest BCUT2D eigenvalue weighted by Gasteiger charge is 2.01. The first kappa shape index (κ1) is 9.03. The SMILES string of the molecule is O=c1cccc(-c2ccccc2Cl)[nH]1. The number of aromatic amines is 1. The average molecular weight is 206 g/mol. The average Bonchev–Trinajstić information content (AvgIpc) is 2.18. The quantitative estimate of drug-likeness (QED) is 0.763. The van der Waals surface area contributed by atoms with Gasteiger partial charge in [-0.1, -0.05) is 35.9 Å². The normalized spacial score (nSPS) is 10.1. The molecular formula is C11H8ClNO. The summed E-state index contributed by atoms with van der Waals surface area (Å²) in [6.07, 6.45) is 0. The number of hydrogen-bond donors (Lipinski definition) is 1. The van der Waals surface area contributed by atoms with Crippen LogP contribution in [-0.4, -0.2) is 4.98 Å². The molecule has 2 nitrogen and oxygen atoms in total. The maximum absolute atomic E-state index is 11.1. The Labute approximate surface area is 86.2 Å². The summed E-state index contributed by atoms with van der Waals surface area (Å²) < 4.78 is 0. The van der Waals surface area contributed by atoms with Crippen LogP contribution in [0.3, 0.4) is 0 Å². The summed E-state index contributed by atoms with van der Waals surface area (Å²) in [7, 11) is 0. The predicted molar refractivity (Wildman–Crippen MR) is 57.5 cm³/mol. The molecule has 0 unspecified atom stereocenters. The van der Waals surface area contributed by atoms with Gasteiger partial charge < -0.3 is 4.98 Å². The van der Waals surface area contributed by atoms with Gasteiger partial charge in [-0.05, 0) is 12.1 Å². The third-order valence-electron chi connectivity index (χ3n) is 1.93. The Morgan fingerprint density at radius 3 is 2.50 bits per heavy atom. The molecular weight excluding hydrogens is 198 g/mol. The molecule has 0 atom stereocenters. The molecule has 0 aliphatic heterocycles. The fraction of sp³-hybridized carbons (Fsp3) is 0. The van der Waals surface area contributed by atoms with Crippen LogP contribution in [0.15, 0.2) is 47.3 Å². The molecule has 0 amide bonds. The largest absolute Gasteiger partial charge is 0.322 e. The number of halogens is 1. The minimum absolute atomic E-state index is 0.123. The first-order valence-electron chi connectivity index (χ1n) is 4.21. The van der Waals surface area contributed by atoms with Crippen LogP contribution in [0.4, 0.5) is 0 Å². The summed E-state index contributed by atoms with van der Waals surface area (Å²) in [6, 6.07) is 12.4. The number of nitrogens with one attached hydrogen (secondary N) is 1. The van der Waals surface area contributed by atoms with Gasteiger partial charge in [0.05, 0.1) is 0 Å². The van der Waals surface area contributed by atoms with Gasteiger partial charge >= 0.3 is 0 Å². The van der Waals surface area contributed by atoms with Gasteiger partial charge in [-0.2, -0.15) is 0 Å². The maximum Gasteiger partial charge on any atom is 0.248 e. The number of H-pyrrole nitrogens is 1. The molecule has 0 saturated carbocycles. The first-order chi connectivity index (χ1) is 6.77. The van der Waals surface area contributed by atoms with Crippen molar-refractivity contribution >= 4 is 11.6 Å². The molecule has 0 saturated heterocycles. The van der Waals surface area contributed by atoms with E-state index in [0.717, 1.165) is 11.3 Å². The van der Waals surface area contributed by atoms with Crippen molar-refractivity contribution in [3.63, 3.8) is 0 Å². The number of benzene rings is 1. The highest BCUT2D eigenvalue weighted by atomic mass is 35.5. The van der Waals surface area contributed by atoms with Crippen molar-refractivity contribution in [2.75, 3.05) is 0 Å². The van der Waals surface area contributed by atoms with Crippen LogP contribution < -0.4 is 5.56 Å². The molecule has 0 bridgehead atoms. The highest BCUT2D eigenvalue weighted by molar-refractivity contribution is 6.33. The molecule has 0 spiro atoms. The van der Waals surface area contributed by atoms with E-state index in [4.69, 9.17) is 11.6 Å². The van der Waals surface area contributed by atoms with Gasteiger partial charge in [0.15, 0.2) is 0 Å². The van der Waals surface area contributed by atoms with E-state index in [9.17, 15) is 4.79 Å². The molecule has 1 aromatic carbocycles. The van der Waals surface area contributed by atoms with Gasteiger partial charge in [0, 0.05) is 22.3 Å². The number of hydrogen-bond acceptors (Lipinski definition) is 1. The Kier molecular flexibility index (Phi) is 2.37. The fourth-order valence-electron chi connectivity index (χ4n) is 1.28. The van der Waals surface area contributed by atoms with E-state index in [-0.39, 0.29) is 5.56 Å². The third kappa shape index (κ3) is 1.70. The Morgan fingerprint density at radius 1 is 1.00 bits per heavy atom. The standard InChI is InChI=1S/C11H8ClNO/c12-9-5-2-1-4-8(9)10-6-3-7-11(14)13-10/h1-7H,(H,13,14). The topological polar surface area (TPSA) is 32.9 Å². The van der Waals surface area contributed by atoms with Crippen molar-refractivity contribution in [1.29, 1.82) is 0 Å². The van der Waals surface area contributed by atoms with Crippen LogP contribution in [0.2, 0.25) is 5.02 Å². The highest BCUT2D eigenvalue weighted by Crippen LogP contribution is 2.24. The van der Waals surface area contributed by atoms with Gasteiger partial charge in [-0.3, -0.25) is 4.79 Å². The number of aromatic nitrogens is 1. The maximum atomic E-state index is 11.1. The van der Waals surface area contributed by atoms with Gasteiger partial charge in [0.2, 0.25) is 5.56 Å². The predicted octanol–water partition coefficient (Wildman–Crippen LogP) is 2.70. The first-order valence-corrected chi connectivity index (χ1v) is 4.59. The Bertz CT molecular complexity index is 504. The van der Waals surface area contributed by atoms with E-state index in [2.05, 4.69) is 4.98 Å². The van der Waals surface area contributed by atoms with Crippen molar-refractivity contribution in [2.45, 2.75) is 0 Å². The lowest BCUT2D eigenvalue weighted by molar-refractivity contribution is 1.24. The van der Waals surface area contributed by atoms with Crippen molar-refractivity contribution in [2.24, 2.45) is 0 Å². The Hall–Kier alpha value is -1.54. The van der Waals surface area contributed by atoms with E-state index in [1.807, 2.05) is 24.3 Å². The number of pyridine rings is 1. The zero-order chi connectivity index (χ0) is 9.97. The molecule has 2 rings (SSSR count). The van der Waals surface area contributed by atoms with Crippen molar-refractivity contribution in [3.05, 3.63) is 57.8 Å². The molecule has 1 aromatic heterocycles. The summed E-state index contributed by atoms with van der Waals surface area (Å²) in [5.41, 5.74) is 1.46. The molecule has 70 valence electrons. The zero-order valence-electron chi connectivity index (χ0n) is 7.33. The molecule has 0 aliphatic rings. The van der Waals surface area contributed by atoms with E-state index in [1.165, 1.54) is 6.07 Å². The van der Waals surface area contributed by atoms with Crippen LogP contribution >= 0.6 is 11.6 Å². The summed E-state index contributed by atoms with van der Waals surface area (Å²) in [4.78, 5) is 13.8. The minimum atomic E-state index is -0.123. The monoisotopic (exact) mass is 205 g/mol.